The minimum atomic E-state index is -0.704. The van der Waals surface area contributed by atoms with E-state index in [9.17, 15) is 24.8 Å². The van der Waals surface area contributed by atoms with Crippen molar-refractivity contribution in [1.29, 1.82) is 0 Å². The number of nitro groups is 1. The summed E-state index contributed by atoms with van der Waals surface area (Å²) < 4.78 is 11.0. The second-order valence-corrected chi connectivity index (χ2v) is 9.14. The summed E-state index contributed by atoms with van der Waals surface area (Å²) in [7, 11) is 0. The van der Waals surface area contributed by atoms with Gasteiger partial charge in [0, 0.05) is 35.2 Å². The first kappa shape index (κ1) is 24.7. The molecule has 1 aromatic heterocycles. The van der Waals surface area contributed by atoms with Gasteiger partial charge in [-0.25, -0.2) is 4.79 Å². The molecule has 0 spiro atoms. The molecule has 2 amide bonds. The van der Waals surface area contributed by atoms with Gasteiger partial charge in [0.1, 0.15) is 11.2 Å². The van der Waals surface area contributed by atoms with Crippen LogP contribution in [-0.2, 0) is 11.2 Å². The summed E-state index contributed by atoms with van der Waals surface area (Å²) >= 11 is 0. The lowest BCUT2D eigenvalue weighted by Crippen LogP contribution is -2.27. The van der Waals surface area contributed by atoms with Crippen LogP contribution in [0.2, 0.25) is 0 Å². The van der Waals surface area contributed by atoms with Crippen LogP contribution in [-0.4, -0.2) is 34.2 Å². The van der Waals surface area contributed by atoms with Gasteiger partial charge in [-0.1, -0.05) is 24.3 Å². The first-order valence-corrected chi connectivity index (χ1v) is 11.2. The number of amides is 2. The minimum absolute atomic E-state index is 0.0461. The number of nitro benzene ring substituents is 1. The van der Waals surface area contributed by atoms with Crippen molar-refractivity contribution in [3.05, 3.63) is 76.0 Å². The average molecular weight is 492 g/mol. The van der Waals surface area contributed by atoms with Gasteiger partial charge in [0.25, 0.3) is 11.6 Å². The smallest absolute Gasteiger partial charge is 0.412 e. The number of nitrogens with zero attached hydrogens (tertiary/aromatic N) is 1. The second-order valence-electron chi connectivity index (χ2n) is 9.14. The van der Waals surface area contributed by atoms with E-state index in [1.54, 1.807) is 26.8 Å². The summed E-state index contributed by atoms with van der Waals surface area (Å²) in [4.78, 5) is 36.1. The number of anilines is 2. The van der Waals surface area contributed by atoms with Crippen LogP contribution in [0.15, 0.2) is 59.0 Å². The van der Waals surface area contributed by atoms with Crippen molar-refractivity contribution >= 4 is 50.8 Å². The Morgan fingerprint density at radius 3 is 2.42 bits per heavy atom. The van der Waals surface area contributed by atoms with Crippen molar-refractivity contribution in [3.8, 4) is 0 Å². The van der Waals surface area contributed by atoms with Crippen LogP contribution in [0.5, 0.6) is 0 Å². The molecule has 0 saturated carbocycles. The highest BCUT2D eigenvalue weighted by Crippen LogP contribution is 2.34. The molecule has 0 fully saturated rings. The number of rotatable bonds is 6. The molecular formula is C26H25N3O7. The second kappa shape index (κ2) is 9.67. The van der Waals surface area contributed by atoms with Gasteiger partial charge in [-0.2, -0.15) is 0 Å². The van der Waals surface area contributed by atoms with Crippen LogP contribution < -0.4 is 10.6 Å². The van der Waals surface area contributed by atoms with E-state index in [1.807, 2.05) is 24.3 Å². The first-order valence-electron chi connectivity index (χ1n) is 11.2. The molecule has 10 heteroatoms. The number of hydrogen-bond acceptors (Lipinski definition) is 7. The number of non-ortho nitro benzene ring substituents is 1. The third kappa shape index (κ3) is 5.28. The Kier molecular flexibility index (Phi) is 6.63. The normalized spacial score (nSPS) is 11.4. The van der Waals surface area contributed by atoms with Crippen molar-refractivity contribution in [3.63, 3.8) is 0 Å². The fraction of sp³-hybridized carbons (Fsp3) is 0.231. The molecule has 4 aromatic rings. The van der Waals surface area contributed by atoms with Crippen LogP contribution in [0.25, 0.3) is 21.7 Å². The monoisotopic (exact) mass is 491 g/mol. The molecule has 36 heavy (non-hydrogen) atoms. The van der Waals surface area contributed by atoms with Crippen LogP contribution in [0, 0.1) is 10.1 Å². The molecule has 0 aliphatic heterocycles. The van der Waals surface area contributed by atoms with Crippen molar-refractivity contribution in [1.82, 2.24) is 0 Å². The van der Waals surface area contributed by atoms with Gasteiger partial charge in [-0.15, -0.1) is 0 Å². The van der Waals surface area contributed by atoms with Gasteiger partial charge in [0.05, 0.1) is 10.6 Å². The van der Waals surface area contributed by atoms with Crippen LogP contribution >= 0.6 is 0 Å². The molecule has 10 nitrogen and oxygen atoms in total. The number of aliphatic hydroxyl groups excluding tert-OH is 1. The highest BCUT2D eigenvalue weighted by atomic mass is 16.6. The van der Waals surface area contributed by atoms with Crippen molar-refractivity contribution in [2.75, 3.05) is 17.2 Å². The number of fused-ring (bicyclic) bond motifs is 2. The predicted octanol–water partition coefficient (Wildman–Crippen LogP) is 5.63. The first-order chi connectivity index (χ1) is 17.1. The van der Waals surface area contributed by atoms with Gasteiger partial charge in [0.15, 0.2) is 5.76 Å². The summed E-state index contributed by atoms with van der Waals surface area (Å²) in [5.41, 5.74) is 0.953. The molecule has 0 atom stereocenters. The van der Waals surface area contributed by atoms with E-state index in [0.717, 1.165) is 5.39 Å². The van der Waals surface area contributed by atoms with E-state index >= 15 is 0 Å². The lowest BCUT2D eigenvalue weighted by Gasteiger charge is -2.21. The molecule has 4 rings (SSSR count). The highest BCUT2D eigenvalue weighted by molar-refractivity contribution is 6.10. The molecule has 186 valence electrons. The average Bonchev–Trinajstić information content (AvgIpc) is 3.24. The van der Waals surface area contributed by atoms with Crippen LogP contribution in [0.3, 0.4) is 0 Å². The Balaban J connectivity index is 1.73. The third-order valence-corrected chi connectivity index (χ3v) is 5.34. The SMILES string of the molecule is CC(C)(C)OC(=O)Nc1cc(NC(=O)c2cc3cc([N+](=O)[O-])ccc3o2)c(CCO)c2ccccc12. The van der Waals surface area contributed by atoms with E-state index in [2.05, 4.69) is 10.6 Å². The van der Waals surface area contributed by atoms with Gasteiger partial charge >= 0.3 is 6.09 Å². The molecule has 3 N–H and O–H groups in total. The summed E-state index contributed by atoms with van der Waals surface area (Å²) in [6.45, 7) is 5.09. The number of ether oxygens (including phenoxy) is 1. The maximum Gasteiger partial charge on any atom is 0.412 e. The number of furan rings is 1. The minimum Gasteiger partial charge on any atom is -0.451 e. The van der Waals surface area contributed by atoms with Crippen LogP contribution in [0.1, 0.15) is 36.9 Å². The van der Waals surface area contributed by atoms with Crippen molar-refractivity contribution in [2.45, 2.75) is 32.8 Å². The van der Waals surface area contributed by atoms with Crippen molar-refractivity contribution in [2.24, 2.45) is 0 Å². The Hall–Kier alpha value is -4.44. The van der Waals surface area contributed by atoms with Crippen LogP contribution in [0.4, 0.5) is 21.9 Å². The number of nitrogens with one attached hydrogen (secondary N) is 2. The van der Waals surface area contributed by atoms with E-state index in [4.69, 9.17) is 9.15 Å². The zero-order valence-corrected chi connectivity index (χ0v) is 20.0. The summed E-state index contributed by atoms with van der Waals surface area (Å²) in [6.07, 6.45) is -0.409. The Bertz CT molecular complexity index is 1480. The maximum atomic E-state index is 13.1. The quantitative estimate of drug-likeness (QED) is 0.234. The summed E-state index contributed by atoms with van der Waals surface area (Å²) in [6, 6.07) is 14.4. The molecule has 0 aliphatic carbocycles. The van der Waals surface area contributed by atoms with E-state index in [-0.39, 0.29) is 24.5 Å². The van der Waals surface area contributed by atoms with E-state index < -0.39 is 22.5 Å². The molecular weight excluding hydrogens is 466 g/mol. The number of aliphatic hydroxyl groups is 1. The number of hydrogen-bond donors (Lipinski definition) is 3. The molecule has 1 heterocycles. The largest absolute Gasteiger partial charge is 0.451 e. The van der Waals surface area contributed by atoms with Gasteiger partial charge < -0.3 is 19.6 Å². The lowest BCUT2D eigenvalue weighted by molar-refractivity contribution is -0.384. The van der Waals surface area contributed by atoms with Gasteiger partial charge in [0.2, 0.25) is 0 Å². The highest BCUT2D eigenvalue weighted by Gasteiger charge is 2.21. The molecule has 0 radical (unpaired) electrons. The zero-order chi connectivity index (χ0) is 26.0. The summed E-state index contributed by atoms with van der Waals surface area (Å²) in [5.74, 6) is -0.637. The fourth-order valence-corrected chi connectivity index (χ4v) is 3.89. The standard InChI is InChI=1S/C26H25N3O7/c1-26(2,3)36-25(32)28-21-14-20(19(10-11-30)17-6-4-5-7-18(17)21)27-24(31)23-13-15-12-16(29(33)34)8-9-22(15)35-23/h4-9,12-14,30H,10-11H2,1-3H3,(H,27,31)(H,28,32). The molecule has 3 aromatic carbocycles. The lowest BCUT2D eigenvalue weighted by atomic mass is 9.98. The number of carbonyl (C=O) groups is 2. The third-order valence-electron chi connectivity index (χ3n) is 5.34. The number of carbonyl (C=O) groups excluding carboxylic acids is 2. The van der Waals surface area contributed by atoms with Crippen molar-refractivity contribution < 1.29 is 28.8 Å². The van der Waals surface area contributed by atoms with Gasteiger partial charge in [-0.05, 0) is 56.3 Å². The maximum absolute atomic E-state index is 13.1. The molecule has 0 aliphatic rings. The Morgan fingerprint density at radius 1 is 1.03 bits per heavy atom. The van der Waals surface area contributed by atoms with Gasteiger partial charge in [-0.3, -0.25) is 20.2 Å². The topological polar surface area (TPSA) is 144 Å². The molecule has 0 bridgehead atoms. The zero-order valence-electron chi connectivity index (χ0n) is 20.0. The predicted molar refractivity (Wildman–Crippen MR) is 135 cm³/mol. The summed E-state index contributed by atoms with van der Waals surface area (Å²) in [5, 5.41) is 28.1. The molecule has 0 unspecified atom stereocenters. The van der Waals surface area contributed by atoms with E-state index in [0.29, 0.717) is 33.3 Å². The molecule has 0 saturated heterocycles. The number of benzene rings is 3. The fourth-order valence-electron chi connectivity index (χ4n) is 3.89. The Labute approximate surface area is 206 Å². The van der Waals surface area contributed by atoms with E-state index in [1.165, 1.54) is 24.3 Å². The Morgan fingerprint density at radius 2 is 1.75 bits per heavy atom.